The normalized spacial score (nSPS) is 11.2. The van der Waals surface area contributed by atoms with E-state index in [4.69, 9.17) is 4.74 Å². The Kier molecular flexibility index (Phi) is 1.27. The van der Waals surface area contributed by atoms with Gasteiger partial charge in [0.15, 0.2) is 5.65 Å². The molecule has 0 spiro atoms. The molecule has 0 amide bonds. The van der Waals surface area contributed by atoms with E-state index >= 15 is 0 Å². The van der Waals surface area contributed by atoms with Gasteiger partial charge in [-0.05, 0) is 0 Å². The third kappa shape index (κ3) is 0.769. The second-order valence-electron chi connectivity index (χ2n) is 2.82. The van der Waals surface area contributed by atoms with Gasteiger partial charge in [0.2, 0.25) is 11.7 Å². The van der Waals surface area contributed by atoms with Crippen molar-refractivity contribution in [3.05, 3.63) is 18.7 Å². The summed E-state index contributed by atoms with van der Waals surface area (Å²) in [5.74, 6) is 1.10. The molecule has 70 valence electrons. The standard InChI is InChI=1S/C8H7N5O/c1-14-7-5-6(11-4-10-5)13-3-2-9-8(13)12-7/h2-4H,1H3,(H,10,11). The molecule has 0 atom stereocenters. The lowest BCUT2D eigenvalue weighted by atomic mass is 10.5. The Morgan fingerprint density at radius 3 is 3.21 bits per heavy atom. The van der Waals surface area contributed by atoms with Crippen molar-refractivity contribution >= 4 is 16.9 Å². The molecule has 3 heterocycles. The molecule has 0 unspecified atom stereocenters. The molecule has 3 rings (SSSR count). The number of aromatic amines is 1. The van der Waals surface area contributed by atoms with Crippen molar-refractivity contribution in [2.75, 3.05) is 7.11 Å². The largest absolute Gasteiger partial charge is 0.479 e. The number of hydrogen-bond donors (Lipinski definition) is 1. The van der Waals surface area contributed by atoms with E-state index in [0.717, 1.165) is 11.2 Å². The summed E-state index contributed by atoms with van der Waals surface area (Å²) >= 11 is 0. The third-order valence-electron chi connectivity index (χ3n) is 2.08. The van der Waals surface area contributed by atoms with Gasteiger partial charge in [-0.25, -0.2) is 9.97 Å². The summed E-state index contributed by atoms with van der Waals surface area (Å²) in [6, 6.07) is 0. The monoisotopic (exact) mass is 189 g/mol. The van der Waals surface area contributed by atoms with Crippen LogP contribution in [-0.2, 0) is 0 Å². The molecule has 3 aromatic rings. The van der Waals surface area contributed by atoms with E-state index in [1.165, 1.54) is 0 Å². The van der Waals surface area contributed by atoms with Gasteiger partial charge in [0.1, 0.15) is 5.52 Å². The van der Waals surface area contributed by atoms with Gasteiger partial charge in [-0.2, -0.15) is 4.98 Å². The first-order valence-electron chi connectivity index (χ1n) is 4.10. The number of nitrogens with zero attached hydrogens (tertiary/aromatic N) is 4. The maximum Gasteiger partial charge on any atom is 0.244 e. The van der Waals surface area contributed by atoms with Crippen LogP contribution in [0.15, 0.2) is 18.7 Å². The van der Waals surface area contributed by atoms with Gasteiger partial charge >= 0.3 is 0 Å². The van der Waals surface area contributed by atoms with E-state index in [9.17, 15) is 0 Å². The molecule has 0 saturated heterocycles. The Balaban J connectivity index is 2.59. The van der Waals surface area contributed by atoms with Crippen LogP contribution >= 0.6 is 0 Å². The van der Waals surface area contributed by atoms with Gasteiger partial charge in [0, 0.05) is 12.4 Å². The molecule has 0 saturated carbocycles. The van der Waals surface area contributed by atoms with Crippen molar-refractivity contribution in [1.82, 2.24) is 24.3 Å². The molecule has 0 aliphatic heterocycles. The number of rotatable bonds is 1. The zero-order valence-corrected chi connectivity index (χ0v) is 7.43. The van der Waals surface area contributed by atoms with E-state index in [0.29, 0.717) is 11.7 Å². The average Bonchev–Trinajstić information content (AvgIpc) is 2.83. The Hall–Kier alpha value is -2.11. The van der Waals surface area contributed by atoms with E-state index in [1.807, 2.05) is 6.20 Å². The molecule has 1 N–H and O–H groups in total. The predicted molar refractivity (Wildman–Crippen MR) is 49.2 cm³/mol. The second kappa shape index (κ2) is 2.44. The quantitative estimate of drug-likeness (QED) is 0.609. The van der Waals surface area contributed by atoms with Gasteiger partial charge < -0.3 is 9.72 Å². The summed E-state index contributed by atoms with van der Waals surface area (Å²) in [7, 11) is 1.57. The number of hydrogen-bond acceptors (Lipinski definition) is 4. The van der Waals surface area contributed by atoms with Gasteiger partial charge in [-0.1, -0.05) is 0 Å². The average molecular weight is 189 g/mol. The first-order valence-corrected chi connectivity index (χ1v) is 4.10. The summed E-state index contributed by atoms with van der Waals surface area (Å²) in [5, 5.41) is 0. The highest BCUT2D eigenvalue weighted by atomic mass is 16.5. The topological polar surface area (TPSA) is 68.1 Å². The highest BCUT2D eigenvalue weighted by Crippen LogP contribution is 2.20. The Bertz CT molecular complexity index is 596. The highest BCUT2D eigenvalue weighted by molar-refractivity contribution is 5.78. The summed E-state index contributed by atoms with van der Waals surface area (Å²) in [6.07, 6.45) is 5.09. The molecule has 6 nitrogen and oxygen atoms in total. The van der Waals surface area contributed by atoms with Crippen LogP contribution in [0.5, 0.6) is 5.88 Å². The van der Waals surface area contributed by atoms with Crippen molar-refractivity contribution in [3.63, 3.8) is 0 Å². The van der Waals surface area contributed by atoms with E-state index < -0.39 is 0 Å². The molecule has 0 aliphatic carbocycles. The summed E-state index contributed by atoms with van der Waals surface area (Å²) in [5.41, 5.74) is 1.54. The Morgan fingerprint density at radius 2 is 2.36 bits per heavy atom. The fourth-order valence-corrected chi connectivity index (χ4v) is 1.47. The molecular formula is C8H7N5O. The summed E-state index contributed by atoms with van der Waals surface area (Å²) in [4.78, 5) is 15.4. The van der Waals surface area contributed by atoms with Crippen molar-refractivity contribution in [1.29, 1.82) is 0 Å². The first-order chi connectivity index (χ1) is 6.90. The van der Waals surface area contributed by atoms with Crippen LogP contribution in [0.25, 0.3) is 16.9 Å². The zero-order valence-electron chi connectivity index (χ0n) is 7.43. The Morgan fingerprint density at radius 1 is 1.43 bits per heavy atom. The molecule has 0 bridgehead atoms. The van der Waals surface area contributed by atoms with E-state index in [2.05, 4.69) is 19.9 Å². The molecular weight excluding hydrogens is 182 g/mol. The van der Waals surface area contributed by atoms with Gasteiger partial charge in [0.05, 0.1) is 13.4 Å². The molecule has 14 heavy (non-hydrogen) atoms. The minimum atomic E-state index is 0.510. The highest BCUT2D eigenvalue weighted by Gasteiger charge is 2.10. The number of aromatic nitrogens is 5. The minimum absolute atomic E-state index is 0.510. The van der Waals surface area contributed by atoms with E-state index in [-0.39, 0.29) is 0 Å². The summed E-state index contributed by atoms with van der Waals surface area (Å²) < 4.78 is 6.93. The number of H-pyrrole nitrogens is 1. The Labute approximate surface area is 78.6 Å². The SMILES string of the molecule is COc1nc2nccn2c2nc[nH]c12. The molecule has 0 radical (unpaired) electrons. The predicted octanol–water partition coefficient (Wildman–Crippen LogP) is 0.614. The fourth-order valence-electron chi connectivity index (χ4n) is 1.47. The number of imidazole rings is 2. The molecule has 0 fully saturated rings. The van der Waals surface area contributed by atoms with Gasteiger partial charge in [-0.15, -0.1) is 0 Å². The number of ether oxygens (including phenoxy) is 1. The first kappa shape index (κ1) is 7.31. The second-order valence-corrected chi connectivity index (χ2v) is 2.82. The van der Waals surface area contributed by atoms with Crippen LogP contribution in [0.1, 0.15) is 0 Å². The van der Waals surface area contributed by atoms with Crippen molar-refractivity contribution in [2.45, 2.75) is 0 Å². The van der Waals surface area contributed by atoms with Crippen LogP contribution in [0.2, 0.25) is 0 Å². The molecule has 6 heteroatoms. The van der Waals surface area contributed by atoms with Crippen molar-refractivity contribution in [2.24, 2.45) is 0 Å². The van der Waals surface area contributed by atoms with Crippen LogP contribution < -0.4 is 4.74 Å². The van der Waals surface area contributed by atoms with E-state index in [1.54, 1.807) is 24.0 Å². The van der Waals surface area contributed by atoms with Crippen LogP contribution in [-0.4, -0.2) is 31.4 Å². The maximum atomic E-state index is 5.13. The van der Waals surface area contributed by atoms with Gasteiger partial charge in [-0.3, -0.25) is 4.40 Å². The lowest BCUT2D eigenvalue weighted by molar-refractivity contribution is 0.403. The van der Waals surface area contributed by atoms with Crippen molar-refractivity contribution in [3.8, 4) is 5.88 Å². The lowest BCUT2D eigenvalue weighted by Crippen LogP contribution is -1.95. The molecule has 3 aromatic heterocycles. The number of fused-ring (bicyclic) bond motifs is 3. The smallest absolute Gasteiger partial charge is 0.244 e. The molecule has 0 aliphatic rings. The van der Waals surface area contributed by atoms with Crippen molar-refractivity contribution < 1.29 is 4.74 Å². The molecule has 0 aromatic carbocycles. The summed E-state index contributed by atoms with van der Waals surface area (Å²) in [6.45, 7) is 0. The maximum absolute atomic E-state index is 5.13. The number of nitrogens with one attached hydrogen (secondary N) is 1. The van der Waals surface area contributed by atoms with Crippen LogP contribution in [0, 0.1) is 0 Å². The zero-order chi connectivity index (χ0) is 9.54. The minimum Gasteiger partial charge on any atom is -0.479 e. The van der Waals surface area contributed by atoms with Gasteiger partial charge in [0.25, 0.3) is 0 Å². The van der Waals surface area contributed by atoms with Crippen LogP contribution in [0.4, 0.5) is 0 Å². The number of methoxy groups -OCH3 is 1. The third-order valence-corrected chi connectivity index (χ3v) is 2.08. The van der Waals surface area contributed by atoms with Crippen LogP contribution in [0.3, 0.4) is 0 Å². The lowest BCUT2D eigenvalue weighted by Gasteiger charge is -2.00. The fraction of sp³-hybridized carbons (Fsp3) is 0.125.